The number of hydrogen-bond acceptors (Lipinski definition) is 4. The first kappa shape index (κ1) is 10.0. The van der Waals surface area contributed by atoms with Gasteiger partial charge in [0.1, 0.15) is 0 Å². The third-order valence-electron chi connectivity index (χ3n) is 3.64. The summed E-state index contributed by atoms with van der Waals surface area (Å²) in [6.45, 7) is 3.95. The SMILES string of the molecule is CO[C@H]1C[C@H]2[C@@H]3OC(C)(C)O[C@@H]3C[C@H]2O1. The van der Waals surface area contributed by atoms with Crippen molar-refractivity contribution in [1.29, 1.82) is 0 Å². The minimum atomic E-state index is -0.425. The van der Waals surface area contributed by atoms with Crippen LogP contribution in [0.4, 0.5) is 0 Å². The van der Waals surface area contributed by atoms with Gasteiger partial charge in [0.2, 0.25) is 0 Å². The fraction of sp³-hybridized carbons (Fsp3) is 1.00. The molecule has 3 rings (SSSR count). The number of ether oxygens (including phenoxy) is 4. The molecule has 4 nitrogen and oxygen atoms in total. The lowest BCUT2D eigenvalue weighted by Crippen LogP contribution is -2.27. The second kappa shape index (κ2) is 3.17. The first-order valence-electron chi connectivity index (χ1n) is 5.63. The van der Waals surface area contributed by atoms with Crippen LogP contribution in [-0.2, 0) is 18.9 Å². The third kappa shape index (κ3) is 1.51. The van der Waals surface area contributed by atoms with Crippen LogP contribution in [0.3, 0.4) is 0 Å². The zero-order valence-electron chi connectivity index (χ0n) is 9.43. The van der Waals surface area contributed by atoms with Crippen LogP contribution in [0.1, 0.15) is 26.7 Å². The molecular weight excluding hydrogens is 196 g/mol. The van der Waals surface area contributed by atoms with Crippen molar-refractivity contribution in [3.63, 3.8) is 0 Å². The Kier molecular flexibility index (Phi) is 2.12. The average Bonchev–Trinajstić information content (AvgIpc) is 2.72. The average molecular weight is 214 g/mol. The van der Waals surface area contributed by atoms with Gasteiger partial charge in [0.25, 0.3) is 0 Å². The monoisotopic (exact) mass is 214 g/mol. The van der Waals surface area contributed by atoms with E-state index in [0.717, 1.165) is 12.8 Å². The first-order chi connectivity index (χ1) is 7.09. The molecule has 2 saturated heterocycles. The maximum atomic E-state index is 5.92. The van der Waals surface area contributed by atoms with E-state index in [4.69, 9.17) is 18.9 Å². The van der Waals surface area contributed by atoms with Crippen LogP contribution in [0.15, 0.2) is 0 Å². The van der Waals surface area contributed by atoms with E-state index in [1.54, 1.807) is 7.11 Å². The van der Waals surface area contributed by atoms with Crippen molar-refractivity contribution in [2.75, 3.05) is 7.11 Å². The highest BCUT2D eigenvalue weighted by Crippen LogP contribution is 2.48. The fourth-order valence-corrected chi connectivity index (χ4v) is 3.09. The van der Waals surface area contributed by atoms with Crippen molar-refractivity contribution in [2.45, 2.75) is 57.1 Å². The molecule has 3 fully saturated rings. The number of fused-ring (bicyclic) bond motifs is 3. The van der Waals surface area contributed by atoms with Crippen molar-refractivity contribution in [2.24, 2.45) is 5.92 Å². The molecule has 1 aliphatic carbocycles. The molecule has 0 aromatic carbocycles. The molecular formula is C11H18O4. The van der Waals surface area contributed by atoms with E-state index in [1.165, 1.54) is 0 Å². The molecule has 0 N–H and O–H groups in total. The third-order valence-corrected chi connectivity index (χ3v) is 3.64. The molecule has 4 heteroatoms. The zero-order valence-corrected chi connectivity index (χ0v) is 9.43. The van der Waals surface area contributed by atoms with Crippen molar-refractivity contribution in [1.82, 2.24) is 0 Å². The van der Waals surface area contributed by atoms with Gasteiger partial charge in [-0.3, -0.25) is 0 Å². The van der Waals surface area contributed by atoms with Crippen molar-refractivity contribution in [3.05, 3.63) is 0 Å². The minimum absolute atomic E-state index is 0.0479. The maximum absolute atomic E-state index is 5.92. The van der Waals surface area contributed by atoms with Gasteiger partial charge in [0.15, 0.2) is 12.1 Å². The van der Waals surface area contributed by atoms with Gasteiger partial charge in [-0.05, 0) is 13.8 Å². The van der Waals surface area contributed by atoms with E-state index >= 15 is 0 Å². The lowest BCUT2D eigenvalue weighted by molar-refractivity contribution is -0.166. The number of rotatable bonds is 1. The molecule has 15 heavy (non-hydrogen) atoms. The van der Waals surface area contributed by atoms with Crippen LogP contribution >= 0.6 is 0 Å². The molecule has 3 aliphatic rings. The first-order valence-corrected chi connectivity index (χ1v) is 5.63. The molecule has 5 atom stereocenters. The lowest BCUT2D eigenvalue weighted by Gasteiger charge is -2.21. The highest BCUT2D eigenvalue weighted by molar-refractivity contribution is 5.01. The zero-order chi connectivity index (χ0) is 10.6. The predicted octanol–water partition coefficient (Wildman–Crippen LogP) is 1.29. The lowest BCUT2D eigenvalue weighted by atomic mass is 10.0. The van der Waals surface area contributed by atoms with Crippen LogP contribution in [0, 0.1) is 5.92 Å². The van der Waals surface area contributed by atoms with Gasteiger partial charge in [-0.15, -0.1) is 0 Å². The highest BCUT2D eigenvalue weighted by Gasteiger charge is 2.57. The summed E-state index contributed by atoms with van der Waals surface area (Å²) in [5.74, 6) is 0.0209. The summed E-state index contributed by atoms with van der Waals surface area (Å²) in [5.41, 5.74) is 0. The van der Waals surface area contributed by atoms with Gasteiger partial charge in [0.05, 0.1) is 18.3 Å². The standard InChI is InChI=1S/C11H18O4/c1-11(2)14-8-5-7-6(10(8)15-11)4-9(12-3)13-7/h6-10H,4-5H2,1-3H3/t6-,7-,8-,9-,10+/m1/s1. The number of hydrogen-bond donors (Lipinski definition) is 0. The molecule has 0 bridgehead atoms. The topological polar surface area (TPSA) is 36.9 Å². The molecule has 2 heterocycles. The summed E-state index contributed by atoms with van der Waals surface area (Å²) < 4.78 is 22.7. The summed E-state index contributed by atoms with van der Waals surface area (Å²) in [7, 11) is 1.69. The van der Waals surface area contributed by atoms with Crippen LogP contribution in [0.5, 0.6) is 0 Å². The Hall–Kier alpha value is -0.160. The summed E-state index contributed by atoms with van der Waals surface area (Å²) in [4.78, 5) is 0. The summed E-state index contributed by atoms with van der Waals surface area (Å²) in [6, 6.07) is 0. The van der Waals surface area contributed by atoms with E-state index < -0.39 is 5.79 Å². The van der Waals surface area contributed by atoms with Crippen LogP contribution in [0.2, 0.25) is 0 Å². The Bertz CT molecular complexity index is 265. The second-order valence-electron chi connectivity index (χ2n) is 5.11. The normalized spacial score (nSPS) is 51.8. The molecule has 0 unspecified atom stereocenters. The van der Waals surface area contributed by atoms with Gasteiger partial charge in [0, 0.05) is 25.9 Å². The molecule has 2 aliphatic heterocycles. The molecule has 0 aromatic heterocycles. The van der Waals surface area contributed by atoms with E-state index in [9.17, 15) is 0 Å². The van der Waals surface area contributed by atoms with Crippen LogP contribution < -0.4 is 0 Å². The second-order valence-corrected chi connectivity index (χ2v) is 5.11. The van der Waals surface area contributed by atoms with E-state index in [2.05, 4.69) is 0 Å². The van der Waals surface area contributed by atoms with Gasteiger partial charge < -0.3 is 18.9 Å². The van der Waals surface area contributed by atoms with Crippen LogP contribution in [-0.4, -0.2) is 37.5 Å². The summed E-state index contributed by atoms with van der Waals surface area (Å²) in [6.07, 6.45) is 2.51. The van der Waals surface area contributed by atoms with Crippen molar-refractivity contribution < 1.29 is 18.9 Å². The highest BCUT2D eigenvalue weighted by atomic mass is 16.8. The minimum Gasteiger partial charge on any atom is -0.356 e. The Balaban J connectivity index is 1.73. The van der Waals surface area contributed by atoms with E-state index in [1.807, 2.05) is 13.8 Å². The van der Waals surface area contributed by atoms with E-state index in [0.29, 0.717) is 5.92 Å². The smallest absolute Gasteiger partial charge is 0.163 e. The Morgan fingerprint density at radius 2 is 1.93 bits per heavy atom. The Morgan fingerprint density at radius 3 is 2.67 bits per heavy atom. The molecule has 0 amide bonds. The molecule has 0 spiro atoms. The molecule has 86 valence electrons. The Labute approximate surface area is 89.8 Å². The molecule has 0 aromatic rings. The van der Waals surface area contributed by atoms with Gasteiger partial charge >= 0.3 is 0 Å². The maximum Gasteiger partial charge on any atom is 0.163 e. The quantitative estimate of drug-likeness (QED) is 0.659. The van der Waals surface area contributed by atoms with Gasteiger partial charge in [-0.25, -0.2) is 0 Å². The van der Waals surface area contributed by atoms with Crippen molar-refractivity contribution in [3.8, 4) is 0 Å². The number of methoxy groups -OCH3 is 1. The van der Waals surface area contributed by atoms with Gasteiger partial charge in [-0.1, -0.05) is 0 Å². The van der Waals surface area contributed by atoms with Crippen molar-refractivity contribution >= 4 is 0 Å². The molecule has 0 radical (unpaired) electrons. The molecule has 1 saturated carbocycles. The predicted molar refractivity (Wildman–Crippen MR) is 52.2 cm³/mol. The largest absolute Gasteiger partial charge is 0.356 e. The van der Waals surface area contributed by atoms with Gasteiger partial charge in [-0.2, -0.15) is 0 Å². The van der Waals surface area contributed by atoms with E-state index in [-0.39, 0.29) is 24.6 Å². The fourth-order valence-electron chi connectivity index (χ4n) is 3.09. The summed E-state index contributed by atoms with van der Waals surface area (Å²) >= 11 is 0. The van der Waals surface area contributed by atoms with Crippen LogP contribution in [0.25, 0.3) is 0 Å². The Morgan fingerprint density at radius 1 is 1.13 bits per heavy atom. The summed E-state index contributed by atoms with van der Waals surface area (Å²) in [5, 5.41) is 0.